The normalized spacial score (nSPS) is 35.5. The molecule has 1 N–H and O–H groups in total. The highest BCUT2D eigenvalue weighted by Gasteiger charge is 2.38. The van der Waals surface area contributed by atoms with Crippen LogP contribution in [0.4, 0.5) is 0 Å². The molecule has 0 aromatic carbocycles. The molecule has 112 valence electrons. The highest BCUT2D eigenvalue weighted by Crippen LogP contribution is 2.30. The molecule has 1 saturated heterocycles. The molecule has 2 rings (SSSR count). The number of nitrogens with one attached hydrogen (secondary N) is 1. The minimum absolute atomic E-state index is 0.331. The molecule has 2 atom stereocenters. The van der Waals surface area contributed by atoms with Crippen LogP contribution >= 0.6 is 0 Å². The predicted octanol–water partition coefficient (Wildman–Crippen LogP) is 3.81. The van der Waals surface area contributed by atoms with Gasteiger partial charge in [-0.2, -0.15) is 0 Å². The van der Waals surface area contributed by atoms with Gasteiger partial charge in [-0.15, -0.1) is 0 Å². The van der Waals surface area contributed by atoms with Gasteiger partial charge >= 0.3 is 0 Å². The first-order valence-electron chi connectivity index (χ1n) is 8.56. The van der Waals surface area contributed by atoms with Crippen LogP contribution in [0.3, 0.4) is 0 Å². The molecule has 0 bridgehead atoms. The summed E-state index contributed by atoms with van der Waals surface area (Å²) in [4.78, 5) is 2.88. The van der Waals surface area contributed by atoms with Crippen molar-refractivity contribution in [2.24, 2.45) is 5.92 Å². The van der Waals surface area contributed by atoms with E-state index in [1.54, 1.807) is 0 Å². The van der Waals surface area contributed by atoms with Crippen LogP contribution in [-0.2, 0) is 0 Å². The zero-order chi connectivity index (χ0) is 13.9. The molecule has 1 aliphatic heterocycles. The van der Waals surface area contributed by atoms with Crippen LogP contribution < -0.4 is 5.32 Å². The van der Waals surface area contributed by atoms with Crippen molar-refractivity contribution in [2.45, 2.75) is 90.3 Å². The van der Waals surface area contributed by atoms with Crippen molar-refractivity contribution in [1.82, 2.24) is 10.2 Å². The Morgan fingerprint density at radius 2 is 1.79 bits per heavy atom. The minimum atomic E-state index is 0.331. The Labute approximate surface area is 120 Å². The van der Waals surface area contributed by atoms with Gasteiger partial charge in [0.1, 0.15) is 0 Å². The second kappa shape index (κ2) is 6.58. The smallest absolute Gasteiger partial charge is 0.0278 e. The Morgan fingerprint density at radius 1 is 1.16 bits per heavy atom. The van der Waals surface area contributed by atoms with Crippen molar-refractivity contribution in [3.05, 3.63) is 0 Å². The zero-order valence-corrected chi connectivity index (χ0v) is 13.5. The first-order valence-corrected chi connectivity index (χ1v) is 8.56. The molecule has 1 heterocycles. The summed E-state index contributed by atoms with van der Waals surface area (Å²) in [5.74, 6) is 0.761. The highest BCUT2D eigenvalue weighted by atomic mass is 15.3. The number of hydrogen-bond acceptors (Lipinski definition) is 2. The monoisotopic (exact) mass is 266 g/mol. The Balaban J connectivity index is 2.10. The first-order chi connectivity index (χ1) is 9.06. The maximum absolute atomic E-state index is 3.82. The minimum Gasteiger partial charge on any atom is -0.309 e. The van der Waals surface area contributed by atoms with Crippen LogP contribution in [0.2, 0.25) is 0 Å². The van der Waals surface area contributed by atoms with E-state index in [0.29, 0.717) is 5.54 Å². The van der Waals surface area contributed by atoms with E-state index in [1.807, 2.05) is 0 Å². The standard InChI is InChI=1S/C17H34N2/c1-5-17(4)13-19(16(12-18-17)14(2)3)15-10-8-6-7-9-11-15/h14-16,18H,5-13H2,1-4H3. The van der Waals surface area contributed by atoms with Crippen LogP contribution in [0.1, 0.15) is 72.6 Å². The van der Waals surface area contributed by atoms with Crippen molar-refractivity contribution < 1.29 is 0 Å². The van der Waals surface area contributed by atoms with Gasteiger partial charge < -0.3 is 5.32 Å². The third kappa shape index (κ3) is 3.72. The molecule has 2 nitrogen and oxygen atoms in total. The summed E-state index contributed by atoms with van der Waals surface area (Å²) < 4.78 is 0. The molecular weight excluding hydrogens is 232 g/mol. The van der Waals surface area contributed by atoms with Gasteiger partial charge in [0.2, 0.25) is 0 Å². The van der Waals surface area contributed by atoms with Gasteiger partial charge in [-0.3, -0.25) is 4.90 Å². The molecule has 0 spiro atoms. The fourth-order valence-electron chi connectivity index (χ4n) is 3.89. The topological polar surface area (TPSA) is 15.3 Å². The third-order valence-corrected chi connectivity index (χ3v) is 5.54. The maximum atomic E-state index is 3.82. The average Bonchev–Trinajstić information content (AvgIpc) is 2.67. The van der Waals surface area contributed by atoms with E-state index in [0.717, 1.165) is 18.0 Å². The molecule has 19 heavy (non-hydrogen) atoms. The van der Waals surface area contributed by atoms with Gasteiger partial charge in [-0.05, 0) is 32.1 Å². The van der Waals surface area contributed by atoms with Crippen molar-refractivity contribution in [3.8, 4) is 0 Å². The predicted molar refractivity (Wildman–Crippen MR) is 83.5 cm³/mol. The molecule has 0 aromatic rings. The lowest BCUT2D eigenvalue weighted by atomic mass is 9.87. The summed E-state index contributed by atoms with van der Waals surface area (Å²) >= 11 is 0. The summed E-state index contributed by atoms with van der Waals surface area (Å²) in [6.07, 6.45) is 9.91. The molecule has 0 amide bonds. The number of nitrogens with zero attached hydrogens (tertiary/aromatic N) is 1. The SMILES string of the molecule is CCC1(C)CN(C2CCCCCC2)C(C(C)C)CN1. The maximum Gasteiger partial charge on any atom is 0.0278 e. The lowest BCUT2D eigenvalue weighted by Crippen LogP contribution is -2.66. The van der Waals surface area contributed by atoms with Gasteiger partial charge in [0.15, 0.2) is 0 Å². The van der Waals surface area contributed by atoms with Gasteiger partial charge in [0, 0.05) is 30.7 Å². The zero-order valence-electron chi connectivity index (χ0n) is 13.5. The van der Waals surface area contributed by atoms with Crippen molar-refractivity contribution >= 4 is 0 Å². The molecule has 1 saturated carbocycles. The van der Waals surface area contributed by atoms with E-state index in [1.165, 1.54) is 58.0 Å². The van der Waals surface area contributed by atoms with E-state index in [9.17, 15) is 0 Å². The van der Waals surface area contributed by atoms with Crippen molar-refractivity contribution in [1.29, 1.82) is 0 Å². The van der Waals surface area contributed by atoms with Crippen molar-refractivity contribution in [3.63, 3.8) is 0 Å². The number of piperazine rings is 1. The quantitative estimate of drug-likeness (QED) is 0.782. The van der Waals surface area contributed by atoms with Crippen LogP contribution in [0.25, 0.3) is 0 Å². The highest BCUT2D eigenvalue weighted by molar-refractivity contribution is 4.97. The van der Waals surface area contributed by atoms with E-state index >= 15 is 0 Å². The van der Waals surface area contributed by atoms with Crippen LogP contribution in [-0.4, -0.2) is 35.6 Å². The van der Waals surface area contributed by atoms with Crippen LogP contribution in [0.15, 0.2) is 0 Å². The summed E-state index contributed by atoms with van der Waals surface area (Å²) in [5, 5.41) is 3.82. The molecular formula is C17H34N2. The van der Waals surface area contributed by atoms with Crippen LogP contribution in [0, 0.1) is 5.92 Å². The van der Waals surface area contributed by atoms with E-state index in [2.05, 4.69) is 37.9 Å². The molecule has 1 aliphatic carbocycles. The van der Waals surface area contributed by atoms with Gasteiger partial charge in [-0.1, -0.05) is 46.5 Å². The molecule has 0 radical (unpaired) electrons. The summed E-state index contributed by atoms with van der Waals surface area (Å²) in [5.41, 5.74) is 0.331. The van der Waals surface area contributed by atoms with Crippen molar-refractivity contribution in [2.75, 3.05) is 13.1 Å². The molecule has 2 heteroatoms. The largest absolute Gasteiger partial charge is 0.309 e. The third-order valence-electron chi connectivity index (χ3n) is 5.54. The van der Waals surface area contributed by atoms with Crippen LogP contribution in [0.5, 0.6) is 0 Å². The molecule has 2 fully saturated rings. The van der Waals surface area contributed by atoms with Gasteiger partial charge in [-0.25, -0.2) is 0 Å². The fraction of sp³-hybridized carbons (Fsp3) is 1.00. The molecule has 2 unspecified atom stereocenters. The van der Waals surface area contributed by atoms with Gasteiger partial charge in [0.25, 0.3) is 0 Å². The lowest BCUT2D eigenvalue weighted by Gasteiger charge is -2.50. The summed E-state index contributed by atoms with van der Waals surface area (Å²) in [6, 6.07) is 1.59. The fourth-order valence-corrected chi connectivity index (χ4v) is 3.89. The van der Waals surface area contributed by atoms with E-state index in [-0.39, 0.29) is 0 Å². The Bertz CT molecular complexity index is 268. The first kappa shape index (κ1) is 15.3. The lowest BCUT2D eigenvalue weighted by molar-refractivity contribution is 0.0192. The Morgan fingerprint density at radius 3 is 2.32 bits per heavy atom. The molecule has 0 aromatic heterocycles. The van der Waals surface area contributed by atoms with Gasteiger partial charge in [0.05, 0.1) is 0 Å². The second-order valence-corrected chi connectivity index (χ2v) is 7.42. The van der Waals surface area contributed by atoms with E-state index < -0.39 is 0 Å². The Kier molecular flexibility index (Phi) is 5.30. The number of hydrogen-bond donors (Lipinski definition) is 1. The average molecular weight is 266 g/mol. The second-order valence-electron chi connectivity index (χ2n) is 7.42. The summed E-state index contributed by atoms with van der Waals surface area (Å²) in [6.45, 7) is 12.0. The summed E-state index contributed by atoms with van der Waals surface area (Å²) in [7, 11) is 0. The Hall–Kier alpha value is -0.0800. The number of rotatable bonds is 3. The van der Waals surface area contributed by atoms with E-state index in [4.69, 9.17) is 0 Å². The molecule has 2 aliphatic rings.